The Labute approximate surface area is 154 Å². The zero-order chi connectivity index (χ0) is 17.5. The molecular formula is C21H16N4S. The zero-order valence-electron chi connectivity index (χ0n) is 14.2. The van der Waals surface area contributed by atoms with E-state index in [9.17, 15) is 0 Å². The van der Waals surface area contributed by atoms with E-state index < -0.39 is 0 Å². The largest absolute Gasteiger partial charge is 0.361 e. The molecule has 2 N–H and O–H groups in total. The Hall–Kier alpha value is -3.18. The molecule has 5 heteroatoms. The van der Waals surface area contributed by atoms with Gasteiger partial charge in [0.05, 0.1) is 10.2 Å². The number of nitrogens with one attached hydrogen (secondary N) is 2. The summed E-state index contributed by atoms with van der Waals surface area (Å²) in [5.41, 5.74) is 5.57. The summed E-state index contributed by atoms with van der Waals surface area (Å²) >= 11 is 1.71. The van der Waals surface area contributed by atoms with Gasteiger partial charge in [0, 0.05) is 27.7 Å². The molecule has 3 heterocycles. The molecule has 126 valence electrons. The average Bonchev–Trinajstić information content (AvgIpc) is 3.29. The van der Waals surface area contributed by atoms with E-state index in [-0.39, 0.29) is 0 Å². The number of thiophene rings is 1. The molecule has 0 aliphatic heterocycles. The zero-order valence-corrected chi connectivity index (χ0v) is 15.0. The van der Waals surface area contributed by atoms with Crippen LogP contribution < -0.4 is 5.32 Å². The number of H-pyrrole nitrogens is 1. The molecule has 2 aromatic carbocycles. The number of nitrogens with zero attached hydrogens (tertiary/aromatic N) is 2. The normalized spacial score (nSPS) is 11.3. The summed E-state index contributed by atoms with van der Waals surface area (Å²) in [6, 6.07) is 19.0. The van der Waals surface area contributed by atoms with E-state index in [1.165, 1.54) is 21.4 Å². The molecule has 0 amide bonds. The van der Waals surface area contributed by atoms with Gasteiger partial charge in [-0.1, -0.05) is 29.8 Å². The molecule has 5 rings (SSSR count). The summed E-state index contributed by atoms with van der Waals surface area (Å²) in [6.45, 7) is 2.10. The summed E-state index contributed by atoms with van der Waals surface area (Å²) in [6.07, 6.45) is 3.57. The Kier molecular flexibility index (Phi) is 3.47. The van der Waals surface area contributed by atoms with E-state index in [4.69, 9.17) is 0 Å². The minimum Gasteiger partial charge on any atom is -0.361 e. The van der Waals surface area contributed by atoms with Crippen molar-refractivity contribution in [3.8, 4) is 10.4 Å². The Morgan fingerprint density at radius 1 is 0.962 bits per heavy atom. The van der Waals surface area contributed by atoms with Crippen LogP contribution in [0.15, 0.2) is 67.1 Å². The highest BCUT2D eigenvalue weighted by atomic mass is 32.1. The Bertz CT molecular complexity index is 1220. The van der Waals surface area contributed by atoms with Crippen LogP contribution in [-0.4, -0.2) is 15.0 Å². The first-order chi connectivity index (χ1) is 12.8. The van der Waals surface area contributed by atoms with Gasteiger partial charge in [0.15, 0.2) is 5.82 Å². The number of hydrogen-bond donors (Lipinski definition) is 2. The van der Waals surface area contributed by atoms with Gasteiger partial charge in [-0.15, -0.1) is 11.3 Å². The van der Waals surface area contributed by atoms with Crippen LogP contribution in [-0.2, 0) is 0 Å². The van der Waals surface area contributed by atoms with Crippen molar-refractivity contribution < 1.29 is 0 Å². The topological polar surface area (TPSA) is 53.6 Å². The minimum absolute atomic E-state index is 0.841. The molecule has 0 bridgehead atoms. The van der Waals surface area contributed by atoms with Crippen LogP contribution in [0.4, 0.5) is 11.5 Å². The van der Waals surface area contributed by atoms with Crippen molar-refractivity contribution in [2.45, 2.75) is 6.92 Å². The highest BCUT2D eigenvalue weighted by Gasteiger charge is 2.11. The van der Waals surface area contributed by atoms with Gasteiger partial charge in [-0.25, -0.2) is 9.97 Å². The first-order valence-corrected chi connectivity index (χ1v) is 9.24. The number of hydrogen-bond acceptors (Lipinski definition) is 4. The van der Waals surface area contributed by atoms with E-state index in [1.807, 2.05) is 6.20 Å². The maximum Gasteiger partial charge on any atom is 0.151 e. The summed E-state index contributed by atoms with van der Waals surface area (Å²) in [5.74, 6) is 0.841. The van der Waals surface area contributed by atoms with Gasteiger partial charge in [-0.05, 0) is 42.8 Å². The molecule has 0 saturated heterocycles. The first kappa shape index (κ1) is 15.1. The summed E-state index contributed by atoms with van der Waals surface area (Å²) < 4.78 is 1.07. The van der Waals surface area contributed by atoms with Gasteiger partial charge >= 0.3 is 0 Å². The van der Waals surface area contributed by atoms with Crippen LogP contribution in [0.25, 0.3) is 31.6 Å². The first-order valence-electron chi connectivity index (χ1n) is 8.42. The van der Waals surface area contributed by atoms with Crippen molar-refractivity contribution in [3.05, 3.63) is 72.7 Å². The Morgan fingerprint density at radius 2 is 1.85 bits per heavy atom. The fourth-order valence-electron chi connectivity index (χ4n) is 3.07. The Morgan fingerprint density at radius 3 is 2.73 bits per heavy atom. The monoisotopic (exact) mass is 356 g/mol. The minimum atomic E-state index is 0.841. The Balaban J connectivity index is 1.56. The molecule has 0 aliphatic carbocycles. The second-order valence-electron chi connectivity index (χ2n) is 6.32. The lowest BCUT2D eigenvalue weighted by Gasteiger charge is -2.06. The molecule has 0 fully saturated rings. The quantitative estimate of drug-likeness (QED) is 0.424. The summed E-state index contributed by atoms with van der Waals surface area (Å²) in [5, 5.41) is 4.62. The predicted molar refractivity (Wildman–Crippen MR) is 109 cm³/mol. The molecule has 4 nitrogen and oxygen atoms in total. The van der Waals surface area contributed by atoms with Crippen molar-refractivity contribution in [1.29, 1.82) is 0 Å². The van der Waals surface area contributed by atoms with Crippen LogP contribution >= 0.6 is 11.3 Å². The van der Waals surface area contributed by atoms with E-state index in [0.29, 0.717) is 0 Å². The predicted octanol–water partition coefficient (Wildman–Crippen LogP) is 5.89. The van der Waals surface area contributed by atoms with Crippen LogP contribution in [0.2, 0.25) is 0 Å². The van der Waals surface area contributed by atoms with Crippen molar-refractivity contribution in [3.63, 3.8) is 0 Å². The lowest BCUT2D eigenvalue weighted by molar-refractivity contribution is 1.23. The number of aromatic amines is 1. The van der Waals surface area contributed by atoms with Crippen LogP contribution in [0.1, 0.15) is 5.56 Å². The molecular weight excluding hydrogens is 340 g/mol. The maximum atomic E-state index is 4.47. The van der Waals surface area contributed by atoms with Crippen LogP contribution in [0, 0.1) is 6.92 Å². The van der Waals surface area contributed by atoms with Crippen molar-refractivity contribution in [1.82, 2.24) is 15.0 Å². The number of fused-ring (bicyclic) bond motifs is 2. The third-order valence-electron chi connectivity index (χ3n) is 4.46. The highest BCUT2D eigenvalue weighted by Crippen LogP contribution is 2.36. The molecule has 0 radical (unpaired) electrons. The smallest absolute Gasteiger partial charge is 0.151 e. The SMILES string of the molecule is Cc1ccc(-c2cc3ncnc(Nc4ccc5[nH]ccc5c4)c3s2)cc1. The van der Waals surface area contributed by atoms with E-state index in [2.05, 4.69) is 81.8 Å². The highest BCUT2D eigenvalue weighted by molar-refractivity contribution is 7.22. The molecule has 0 aliphatic rings. The number of aryl methyl sites for hydroxylation is 1. The van der Waals surface area contributed by atoms with Gasteiger partial charge in [-0.2, -0.15) is 0 Å². The molecule has 5 aromatic rings. The van der Waals surface area contributed by atoms with Gasteiger partial charge in [0.25, 0.3) is 0 Å². The third-order valence-corrected chi connectivity index (χ3v) is 5.64. The molecule has 0 unspecified atom stereocenters. The van der Waals surface area contributed by atoms with Crippen LogP contribution in [0.5, 0.6) is 0 Å². The van der Waals surface area contributed by atoms with Gasteiger partial charge in [0.1, 0.15) is 6.33 Å². The summed E-state index contributed by atoms with van der Waals surface area (Å²) in [4.78, 5) is 13.3. The van der Waals surface area contributed by atoms with E-state index in [1.54, 1.807) is 17.7 Å². The van der Waals surface area contributed by atoms with Gasteiger partial charge in [0.2, 0.25) is 0 Å². The third kappa shape index (κ3) is 2.62. The van der Waals surface area contributed by atoms with Gasteiger partial charge < -0.3 is 10.3 Å². The fourth-order valence-corrected chi connectivity index (χ4v) is 4.13. The van der Waals surface area contributed by atoms with Crippen molar-refractivity contribution in [2.24, 2.45) is 0 Å². The van der Waals surface area contributed by atoms with Crippen LogP contribution in [0.3, 0.4) is 0 Å². The number of rotatable bonds is 3. The molecule has 0 spiro atoms. The summed E-state index contributed by atoms with van der Waals surface area (Å²) in [7, 11) is 0. The van der Waals surface area contributed by atoms with Crippen molar-refractivity contribution in [2.75, 3.05) is 5.32 Å². The number of benzene rings is 2. The standard InChI is InChI=1S/C21H16N4S/c1-13-2-4-14(5-3-13)19-11-18-20(26-19)21(24-12-23-18)25-16-6-7-17-15(10-16)8-9-22-17/h2-12,22H,1H3,(H,23,24,25). The van der Waals surface area contributed by atoms with Crippen molar-refractivity contribution >= 4 is 44.0 Å². The lowest BCUT2D eigenvalue weighted by atomic mass is 10.1. The number of aromatic nitrogens is 3. The van der Waals surface area contributed by atoms with E-state index >= 15 is 0 Å². The van der Waals surface area contributed by atoms with E-state index in [0.717, 1.165) is 27.2 Å². The molecule has 26 heavy (non-hydrogen) atoms. The van der Waals surface area contributed by atoms with Gasteiger partial charge in [-0.3, -0.25) is 0 Å². The maximum absolute atomic E-state index is 4.47. The number of anilines is 2. The fraction of sp³-hybridized carbons (Fsp3) is 0.0476. The molecule has 0 atom stereocenters. The average molecular weight is 356 g/mol. The second kappa shape index (κ2) is 5.97. The second-order valence-corrected chi connectivity index (χ2v) is 7.37. The lowest BCUT2D eigenvalue weighted by Crippen LogP contribution is -1.94. The molecule has 0 saturated carbocycles. The molecule has 3 aromatic heterocycles.